The fourth-order valence-electron chi connectivity index (χ4n) is 1.78. The highest BCUT2D eigenvalue weighted by Gasteiger charge is 2.18. The van der Waals surface area contributed by atoms with E-state index in [4.69, 9.17) is 8.83 Å². The van der Waals surface area contributed by atoms with Crippen molar-refractivity contribution in [2.75, 3.05) is 0 Å². The van der Waals surface area contributed by atoms with Gasteiger partial charge in [-0.15, -0.1) is 0 Å². The van der Waals surface area contributed by atoms with E-state index in [2.05, 4.69) is 0 Å². The van der Waals surface area contributed by atoms with Gasteiger partial charge >= 0.3 is 5.63 Å². The van der Waals surface area contributed by atoms with Crippen molar-refractivity contribution in [3.05, 3.63) is 59.3 Å². The van der Waals surface area contributed by atoms with Gasteiger partial charge in [-0.2, -0.15) is 0 Å². The molecule has 0 bridgehead atoms. The molecule has 3 nitrogen and oxygen atoms in total. The largest absolute Gasteiger partial charge is 0.469 e. The lowest BCUT2D eigenvalue weighted by Crippen LogP contribution is -1.95. The van der Waals surface area contributed by atoms with Crippen molar-refractivity contribution < 1.29 is 8.83 Å². The molecule has 1 aromatic rings. The van der Waals surface area contributed by atoms with Gasteiger partial charge in [0.2, 0.25) is 0 Å². The van der Waals surface area contributed by atoms with Crippen LogP contribution in [0.25, 0.3) is 22.5 Å². The van der Waals surface area contributed by atoms with E-state index in [0.717, 1.165) is 11.1 Å². The Kier molecular flexibility index (Phi) is 1.90. The first-order valence-corrected chi connectivity index (χ1v) is 4.91. The van der Waals surface area contributed by atoms with Crippen LogP contribution in [0, 0.1) is 0 Å². The molecular formula is C13H8O3. The minimum absolute atomic E-state index is 0.331. The first-order chi connectivity index (χ1) is 7.86. The summed E-state index contributed by atoms with van der Waals surface area (Å²) in [5.41, 5.74) is 1.90. The molecule has 16 heavy (non-hydrogen) atoms. The molecule has 0 fully saturated rings. The Hall–Kier alpha value is -2.29. The van der Waals surface area contributed by atoms with Crippen LogP contribution in [0.2, 0.25) is 0 Å². The second kappa shape index (κ2) is 3.38. The van der Waals surface area contributed by atoms with Crippen molar-refractivity contribution in [3.63, 3.8) is 0 Å². The first kappa shape index (κ1) is 8.97. The molecule has 0 unspecified atom stereocenters. The summed E-state index contributed by atoms with van der Waals surface area (Å²) in [6, 6.07) is 11.2. The minimum Gasteiger partial charge on any atom is -0.469 e. The van der Waals surface area contributed by atoms with Gasteiger partial charge in [-0.05, 0) is 11.6 Å². The van der Waals surface area contributed by atoms with E-state index >= 15 is 0 Å². The molecule has 0 saturated carbocycles. The van der Waals surface area contributed by atoms with E-state index in [9.17, 15) is 4.79 Å². The Labute approximate surface area is 91.3 Å². The van der Waals surface area contributed by atoms with Gasteiger partial charge in [-0.1, -0.05) is 30.3 Å². The van der Waals surface area contributed by atoms with E-state index in [1.54, 1.807) is 6.07 Å². The maximum atomic E-state index is 11.7. The van der Waals surface area contributed by atoms with Crippen LogP contribution < -0.4 is 5.63 Å². The molecule has 1 aromatic carbocycles. The molecule has 0 saturated heterocycles. The summed E-state index contributed by atoms with van der Waals surface area (Å²) < 4.78 is 10.1. The summed E-state index contributed by atoms with van der Waals surface area (Å²) in [4.78, 5) is 11.7. The van der Waals surface area contributed by atoms with Crippen LogP contribution in [0.4, 0.5) is 0 Å². The molecular weight excluding hydrogens is 204 g/mol. The van der Waals surface area contributed by atoms with Crippen LogP contribution in [0.3, 0.4) is 0 Å². The maximum Gasteiger partial charge on any atom is 0.345 e. The van der Waals surface area contributed by atoms with Gasteiger partial charge in [0.25, 0.3) is 0 Å². The van der Waals surface area contributed by atoms with Crippen molar-refractivity contribution in [2.24, 2.45) is 0 Å². The van der Waals surface area contributed by atoms with Crippen LogP contribution in [-0.2, 0) is 0 Å². The van der Waals surface area contributed by atoms with Gasteiger partial charge in [0.15, 0.2) is 5.76 Å². The third kappa shape index (κ3) is 1.26. The summed E-state index contributed by atoms with van der Waals surface area (Å²) in [6.45, 7) is 0. The normalized spacial score (nSPS) is 10.8. The molecule has 3 heteroatoms. The minimum atomic E-state index is -0.331. The molecule has 0 N–H and O–H groups in total. The number of furan rings is 1. The van der Waals surface area contributed by atoms with Crippen molar-refractivity contribution in [3.8, 4) is 22.5 Å². The summed E-state index contributed by atoms with van der Waals surface area (Å²) in [5, 5.41) is 0. The molecule has 0 amide bonds. The number of benzene rings is 1. The lowest BCUT2D eigenvalue weighted by molar-refractivity contribution is 0.494. The average molecular weight is 212 g/mol. The Morgan fingerprint density at radius 1 is 1.00 bits per heavy atom. The van der Waals surface area contributed by atoms with E-state index in [1.165, 1.54) is 12.5 Å². The van der Waals surface area contributed by atoms with Gasteiger partial charge in [0.05, 0.1) is 11.8 Å². The second-order valence-electron chi connectivity index (χ2n) is 3.47. The fourth-order valence-corrected chi connectivity index (χ4v) is 1.78. The number of fused-ring (bicyclic) bond motifs is 1. The van der Waals surface area contributed by atoms with Gasteiger partial charge in [-0.25, -0.2) is 4.79 Å². The first-order valence-electron chi connectivity index (χ1n) is 4.91. The van der Waals surface area contributed by atoms with E-state index < -0.39 is 0 Å². The topological polar surface area (TPSA) is 43.4 Å². The molecule has 2 heterocycles. The molecule has 3 rings (SSSR count). The summed E-state index contributed by atoms with van der Waals surface area (Å²) >= 11 is 0. The van der Waals surface area contributed by atoms with Crippen LogP contribution in [0.1, 0.15) is 0 Å². The molecule has 2 aliphatic rings. The van der Waals surface area contributed by atoms with Crippen LogP contribution >= 0.6 is 0 Å². The highest BCUT2D eigenvalue weighted by Crippen LogP contribution is 2.31. The zero-order chi connectivity index (χ0) is 11.0. The van der Waals surface area contributed by atoms with Crippen molar-refractivity contribution in [1.82, 2.24) is 0 Å². The summed E-state index contributed by atoms with van der Waals surface area (Å²) in [5.74, 6) is 0.478. The molecule has 0 radical (unpaired) electrons. The quantitative estimate of drug-likeness (QED) is 0.622. The predicted octanol–water partition coefficient (Wildman–Crippen LogP) is 3.00. The third-order valence-electron chi connectivity index (χ3n) is 2.49. The van der Waals surface area contributed by atoms with Crippen LogP contribution in [0.15, 0.2) is 62.6 Å². The summed E-state index contributed by atoms with van der Waals surface area (Å²) in [7, 11) is 0. The smallest absolute Gasteiger partial charge is 0.345 e. The number of hydrogen-bond donors (Lipinski definition) is 0. The van der Waals surface area contributed by atoms with Crippen LogP contribution in [0.5, 0.6) is 0 Å². The number of hydrogen-bond acceptors (Lipinski definition) is 3. The lowest BCUT2D eigenvalue weighted by atomic mass is 10.0. The zero-order valence-electron chi connectivity index (χ0n) is 8.34. The molecule has 0 spiro atoms. The second-order valence-corrected chi connectivity index (χ2v) is 3.47. The molecule has 0 aliphatic carbocycles. The molecule has 78 valence electrons. The third-order valence-corrected chi connectivity index (χ3v) is 2.49. The standard InChI is InChI=1S/C13H8O3/c14-13-12(9-4-2-1-3-5-9)10-6-7-15-8-11(10)16-13/h1-8H. The van der Waals surface area contributed by atoms with E-state index in [-0.39, 0.29) is 5.63 Å². The Morgan fingerprint density at radius 2 is 1.81 bits per heavy atom. The predicted molar refractivity (Wildman–Crippen MR) is 59.3 cm³/mol. The fraction of sp³-hybridized carbons (Fsp3) is 0. The van der Waals surface area contributed by atoms with E-state index in [1.807, 2.05) is 30.3 Å². The highest BCUT2D eigenvalue weighted by atomic mass is 16.4. The molecule has 2 aliphatic heterocycles. The zero-order valence-corrected chi connectivity index (χ0v) is 8.34. The van der Waals surface area contributed by atoms with Gasteiger partial charge in [0.1, 0.15) is 6.26 Å². The highest BCUT2D eigenvalue weighted by molar-refractivity contribution is 5.81. The Balaban J connectivity index is 2.34. The average Bonchev–Trinajstić information content (AvgIpc) is 2.66. The van der Waals surface area contributed by atoms with Crippen molar-refractivity contribution >= 4 is 0 Å². The van der Waals surface area contributed by atoms with E-state index in [0.29, 0.717) is 11.3 Å². The number of rotatable bonds is 1. The van der Waals surface area contributed by atoms with Gasteiger partial charge in [0, 0.05) is 5.56 Å². The molecule has 0 aromatic heterocycles. The van der Waals surface area contributed by atoms with Gasteiger partial charge < -0.3 is 8.83 Å². The van der Waals surface area contributed by atoms with Crippen LogP contribution in [-0.4, -0.2) is 0 Å². The monoisotopic (exact) mass is 212 g/mol. The Bertz CT molecular complexity index is 634. The van der Waals surface area contributed by atoms with Crippen molar-refractivity contribution in [2.45, 2.75) is 0 Å². The van der Waals surface area contributed by atoms with Gasteiger partial charge in [-0.3, -0.25) is 0 Å². The van der Waals surface area contributed by atoms with Crippen molar-refractivity contribution in [1.29, 1.82) is 0 Å². The summed E-state index contributed by atoms with van der Waals surface area (Å²) in [6.07, 6.45) is 2.97. The maximum absolute atomic E-state index is 11.7. The molecule has 0 atom stereocenters. The lowest BCUT2D eigenvalue weighted by Gasteiger charge is -1.98. The Morgan fingerprint density at radius 3 is 2.62 bits per heavy atom. The SMILES string of the molecule is O=c1oc2coccc-2c1-c1ccccc1.